The molecule has 1 amide bonds. The molecule has 1 saturated heterocycles. The number of rotatable bonds is 4. The average molecular weight is 432 g/mol. The molecule has 0 spiro atoms. The molecule has 0 unspecified atom stereocenters. The van der Waals surface area contributed by atoms with Crippen LogP contribution in [0.25, 0.3) is 0 Å². The predicted octanol–water partition coefficient (Wildman–Crippen LogP) is 2.39. The molecule has 2 heterocycles. The Morgan fingerprint density at radius 1 is 1.10 bits per heavy atom. The second kappa shape index (κ2) is 8.23. The van der Waals surface area contributed by atoms with Gasteiger partial charge in [0.05, 0.1) is 23.8 Å². The van der Waals surface area contributed by atoms with E-state index in [1.165, 1.54) is 0 Å². The zero-order valence-electron chi connectivity index (χ0n) is 17.1. The monoisotopic (exact) mass is 431 g/mol. The number of carbonyl (C=O) groups is 1. The Morgan fingerprint density at radius 3 is 2.50 bits per heavy atom. The van der Waals surface area contributed by atoms with Crippen LogP contribution in [0.4, 0.5) is 0 Å². The number of furan rings is 1. The summed E-state index contributed by atoms with van der Waals surface area (Å²) in [6, 6.07) is 6.58. The molecule has 1 fully saturated rings. The van der Waals surface area contributed by atoms with Crippen molar-refractivity contribution in [2.75, 3.05) is 26.3 Å². The van der Waals surface area contributed by atoms with E-state index in [1.54, 1.807) is 29.2 Å². The first-order chi connectivity index (χ1) is 14.4. The van der Waals surface area contributed by atoms with Crippen molar-refractivity contribution in [3.05, 3.63) is 52.5 Å². The summed E-state index contributed by atoms with van der Waals surface area (Å²) in [7, 11) is -3.78. The van der Waals surface area contributed by atoms with Gasteiger partial charge < -0.3 is 14.1 Å². The molecule has 1 aliphatic carbocycles. The maximum Gasteiger partial charge on any atom is 0.290 e. The van der Waals surface area contributed by atoms with E-state index in [1.807, 2.05) is 13.8 Å². The quantitative estimate of drug-likeness (QED) is 0.749. The molecule has 0 saturated carbocycles. The van der Waals surface area contributed by atoms with Gasteiger partial charge in [-0.1, -0.05) is 17.7 Å². The number of carbonyl (C=O) groups excluding carboxylic acids is 1. The summed E-state index contributed by atoms with van der Waals surface area (Å²) in [6.07, 6.45) is 2.07. The van der Waals surface area contributed by atoms with Crippen LogP contribution in [-0.4, -0.2) is 51.2 Å². The number of nitrogens with zero attached hydrogens (tertiary/aromatic N) is 2. The Kier molecular flexibility index (Phi) is 5.66. The number of aryl methyl sites for hydroxylation is 2. The van der Waals surface area contributed by atoms with Crippen LogP contribution in [0, 0.1) is 13.8 Å². The molecule has 160 valence electrons. The second-order valence-electron chi connectivity index (χ2n) is 7.58. The van der Waals surface area contributed by atoms with Gasteiger partial charge in [0.2, 0.25) is 0 Å². The van der Waals surface area contributed by atoms with Crippen molar-refractivity contribution in [3.63, 3.8) is 0 Å². The maximum atomic E-state index is 12.9. The normalized spacial score (nSPS) is 18.3. The predicted molar refractivity (Wildman–Crippen MR) is 111 cm³/mol. The summed E-state index contributed by atoms with van der Waals surface area (Å²) in [5.74, 6) is 0.825. The van der Waals surface area contributed by atoms with Crippen LogP contribution in [0.5, 0.6) is 0 Å². The van der Waals surface area contributed by atoms with Crippen LogP contribution in [0.15, 0.2) is 38.7 Å². The third-order valence-electron chi connectivity index (χ3n) is 5.45. The molecule has 30 heavy (non-hydrogen) atoms. The number of hydrogen-bond acceptors (Lipinski definition) is 6. The molecule has 2 aliphatic rings. The topological polar surface area (TPSA) is 101 Å². The molecule has 1 N–H and O–H groups in total. The van der Waals surface area contributed by atoms with Crippen molar-refractivity contribution in [2.45, 2.75) is 38.0 Å². The van der Waals surface area contributed by atoms with Crippen molar-refractivity contribution >= 4 is 21.6 Å². The van der Waals surface area contributed by atoms with Gasteiger partial charge in [-0.3, -0.25) is 4.79 Å². The highest BCUT2D eigenvalue weighted by Crippen LogP contribution is 2.30. The minimum Gasteiger partial charge on any atom is -0.455 e. The zero-order chi connectivity index (χ0) is 21.3. The van der Waals surface area contributed by atoms with Crippen molar-refractivity contribution in [1.29, 1.82) is 0 Å². The lowest BCUT2D eigenvalue weighted by atomic mass is 9.93. The summed E-state index contributed by atoms with van der Waals surface area (Å²) in [6.45, 7) is 5.80. The third kappa shape index (κ3) is 3.99. The molecule has 1 aromatic carbocycles. The fourth-order valence-corrected chi connectivity index (χ4v) is 4.61. The molecule has 0 atom stereocenters. The Balaban J connectivity index is 1.61. The zero-order valence-corrected chi connectivity index (χ0v) is 17.9. The van der Waals surface area contributed by atoms with Gasteiger partial charge in [-0.05, 0) is 38.8 Å². The minimum absolute atomic E-state index is 0.153. The van der Waals surface area contributed by atoms with Crippen LogP contribution in [0.3, 0.4) is 0 Å². The van der Waals surface area contributed by atoms with Crippen LogP contribution in [-0.2, 0) is 21.2 Å². The van der Waals surface area contributed by atoms with E-state index in [2.05, 4.69) is 9.93 Å². The van der Waals surface area contributed by atoms with Crippen molar-refractivity contribution in [2.24, 2.45) is 5.10 Å². The fraction of sp³-hybridized carbons (Fsp3) is 0.429. The standard InChI is InChI=1S/C21H25N3O5S/c1-14-6-8-16(9-7-14)30(26,27)23-22-17-4-3-5-18-19(17)15(2)20(29-18)21(25)24-10-12-28-13-11-24/h6-9,23H,3-5,10-13H2,1-2H3/b22-17+. The number of morpholine rings is 1. The van der Waals surface area contributed by atoms with E-state index in [9.17, 15) is 13.2 Å². The minimum atomic E-state index is -3.78. The number of hydrazone groups is 1. The summed E-state index contributed by atoms with van der Waals surface area (Å²) < 4.78 is 36.4. The second-order valence-corrected chi connectivity index (χ2v) is 9.24. The smallest absolute Gasteiger partial charge is 0.290 e. The van der Waals surface area contributed by atoms with Gasteiger partial charge in [0, 0.05) is 30.6 Å². The number of nitrogens with one attached hydrogen (secondary N) is 1. The molecule has 1 aromatic heterocycles. The van der Waals surface area contributed by atoms with Crippen molar-refractivity contribution in [1.82, 2.24) is 9.73 Å². The number of sulfonamides is 1. The first-order valence-corrected chi connectivity index (χ1v) is 11.5. The number of hydrogen-bond donors (Lipinski definition) is 1. The summed E-state index contributed by atoms with van der Waals surface area (Å²) in [5.41, 5.74) is 3.01. The molecule has 4 rings (SSSR count). The van der Waals surface area contributed by atoms with Gasteiger partial charge >= 0.3 is 0 Å². The Hall–Kier alpha value is -2.65. The molecule has 9 heteroatoms. The van der Waals surface area contributed by atoms with Crippen LogP contribution < -0.4 is 4.83 Å². The third-order valence-corrected chi connectivity index (χ3v) is 6.67. The first kappa shape index (κ1) is 20.6. The van der Waals surface area contributed by atoms with Crippen LogP contribution >= 0.6 is 0 Å². The maximum absolute atomic E-state index is 12.9. The number of benzene rings is 1. The summed E-state index contributed by atoms with van der Waals surface area (Å²) in [5, 5.41) is 4.21. The molecule has 1 aliphatic heterocycles. The Bertz CT molecular complexity index is 1080. The SMILES string of the molecule is Cc1ccc(S(=O)(=O)N/N=C2\CCCc3oc(C(=O)N4CCOCC4)c(C)c32)cc1. The van der Waals surface area contributed by atoms with Crippen LogP contribution in [0.2, 0.25) is 0 Å². The highest BCUT2D eigenvalue weighted by Gasteiger charge is 2.31. The van der Waals surface area contributed by atoms with Gasteiger partial charge in [0.25, 0.3) is 15.9 Å². The number of fused-ring (bicyclic) bond motifs is 1. The van der Waals surface area contributed by atoms with Gasteiger partial charge in [-0.2, -0.15) is 18.4 Å². The molecule has 2 aromatic rings. The first-order valence-electron chi connectivity index (χ1n) is 10.0. The van der Waals surface area contributed by atoms with Crippen molar-refractivity contribution in [3.8, 4) is 0 Å². The Labute approximate surface area is 175 Å². The van der Waals surface area contributed by atoms with E-state index in [4.69, 9.17) is 9.15 Å². The Morgan fingerprint density at radius 2 is 1.80 bits per heavy atom. The fourth-order valence-electron chi connectivity index (χ4n) is 3.78. The lowest BCUT2D eigenvalue weighted by molar-refractivity contribution is 0.0281. The highest BCUT2D eigenvalue weighted by molar-refractivity contribution is 7.89. The van der Waals surface area contributed by atoms with E-state index in [-0.39, 0.29) is 10.8 Å². The molecule has 0 bridgehead atoms. The molecule has 0 radical (unpaired) electrons. The van der Waals surface area contributed by atoms with Gasteiger partial charge in [0.15, 0.2) is 5.76 Å². The number of ether oxygens (including phenoxy) is 1. The van der Waals surface area contributed by atoms with Gasteiger partial charge in [-0.25, -0.2) is 0 Å². The number of amides is 1. The largest absolute Gasteiger partial charge is 0.455 e. The van der Waals surface area contributed by atoms with Crippen LogP contribution in [0.1, 0.15) is 45.8 Å². The average Bonchev–Trinajstić information content (AvgIpc) is 3.10. The molecule has 8 nitrogen and oxygen atoms in total. The highest BCUT2D eigenvalue weighted by atomic mass is 32.2. The summed E-state index contributed by atoms with van der Waals surface area (Å²) >= 11 is 0. The van der Waals surface area contributed by atoms with Crippen molar-refractivity contribution < 1.29 is 22.4 Å². The lowest BCUT2D eigenvalue weighted by Gasteiger charge is -2.26. The van der Waals surface area contributed by atoms with E-state index in [0.29, 0.717) is 61.9 Å². The molecular formula is C21H25N3O5S. The summed E-state index contributed by atoms with van der Waals surface area (Å²) in [4.78, 5) is 17.1. The molecular weight excluding hydrogens is 406 g/mol. The van der Waals surface area contributed by atoms with Gasteiger partial charge in [0.1, 0.15) is 5.76 Å². The van der Waals surface area contributed by atoms with Gasteiger partial charge in [-0.15, -0.1) is 0 Å². The van der Waals surface area contributed by atoms with E-state index >= 15 is 0 Å². The lowest BCUT2D eigenvalue weighted by Crippen LogP contribution is -2.40. The van der Waals surface area contributed by atoms with E-state index < -0.39 is 10.0 Å². The van der Waals surface area contributed by atoms with E-state index in [0.717, 1.165) is 17.5 Å².